The van der Waals surface area contributed by atoms with Gasteiger partial charge in [-0.05, 0) is 43.4 Å². The van der Waals surface area contributed by atoms with E-state index in [0.29, 0.717) is 29.7 Å². The molecule has 4 rings (SSSR count). The standard InChI is InChI=1S/C21H27N3O2S/c1-14-6-5-9-19(15(14)2)24-21(17-12-27(26)13-18(17)23-24)22-20(25)11-10-16-7-3-4-8-16/h5-6,9,16H,3-4,7-8,10-13H2,1-2H3,(H,22,25)/t27-/m0/s1. The fourth-order valence-corrected chi connectivity index (χ4v) is 5.49. The first-order valence-corrected chi connectivity index (χ1v) is 11.3. The van der Waals surface area contributed by atoms with Crippen LogP contribution in [0.3, 0.4) is 0 Å². The summed E-state index contributed by atoms with van der Waals surface area (Å²) in [7, 11) is -0.921. The first-order valence-electron chi connectivity index (χ1n) is 9.85. The number of carbonyl (C=O) groups is 1. The van der Waals surface area contributed by atoms with E-state index in [1.165, 1.54) is 31.2 Å². The van der Waals surface area contributed by atoms with E-state index in [0.717, 1.165) is 28.9 Å². The van der Waals surface area contributed by atoms with Gasteiger partial charge in [-0.2, -0.15) is 5.10 Å². The predicted molar refractivity (Wildman–Crippen MR) is 108 cm³/mol. The summed E-state index contributed by atoms with van der Waals surface area (Å²) in [6.45, 7) is 4.15. The molecule has 2 aromatic rings. The maximum Gasteiger partial charge on any atom is 0.225 e. The van der Waals surface area contributed by atoms with Gasteiger partial charge in [0.1, 0.15) is 5.82 Å². The summed E-state index contributed by atoms with van der Waals surface area (Å²) in [6, 6.07) is 6.11. The quantitative estimate of drug-likeness (QED) is 0.840. The lowest BCUT2D eigenvalue weighted by Gasteiger charge is -2.15. The van der Waals surface area contributed by atoms with Crippen molar-refractivity contribution in [3.05, 3.63) is 40.6 Å². The first-order chi connectivity index (χ1) is 13.0. The second-order valence-corrected chi connectivity index (χ2v) is 9.33. The Hall–Kier alpha value is -1.95. The molecule has 1 N–H and O–H groups in total. The number of anilines is 1. The molecule has 1 amide bonds. The number of aromatic nitrogens is 2. The number of nitrogens with one attached hydrogen (secondary N) is 1. The highest BCUT2D eigenvalue weighted by Crippen LogP contribution is 2.33. The zero-order chi connectivity index (χ0) is 19.0. The lowest BCUT2D eigenvalue weighted by atomic mass is 10.0. The van der Waals surface area contributed by atoms with Gasteiger partial charge in [0.2, 0.25) is 5.91 Å². The van der Waals surface area contributed by atoms with Crippen LogP contribution in [0.2, 0.25) is 0 Å². The van der Waals surface area contributed by atoms with E-state index in [2.05, 4.69) is 25.2 Å². The first kappa shape index (κ1) is 18.4. The molecule has 1 aliphatic heterocycles. The summed E-state index contributed by atoms with van der Waals surface area (Å²) in [5, 5.41) is 7.82. The molecule has 1 aliphatic carbocycles. The Kier molecular flexibility index (Phi) is 5.17. The van der Waals surface area contributed by atoms with Gasteiger partial charge < -0.3 is 5.32 Å². The number of hydrogen-bond acceptors (Lipinski definition) is 3. The second kappa shape index (κ2) is 7.58. The normalized spacial score (nSPS) is 19.4. The van der Waals surface area contributed by atoms with Crippen LogP contribution in [-0.4, -0.2) is 19.9 Å². The van der Waals surface area contributed by atoms with Crippen molar-refractivity contribution < 1.29 is 9.00 Å². The molecular weight excluding hydrogens is 358 g/mol. The van der Waals surface area contributed by atoms with Crippen LogP contribution >= 0.6 is 0 Å². The second-order valence-electron chi connectivity index (χ2n) is 7.87. The lowest BCUT2D eigenvalue weighted by Crippen LogP contribution is -2.17. The van der Waals surface area contributed by atoms with Crippen molar-refractivity contribution in [1.29, 1.82) is 0 Å². The molecule has 0 radical (unpaired) electrons. The van der Waals surface area contributed by atoms with Crippen molar-refractivity contribution in [2.45, 2.75) is 63.9 Å². The Morgan fingerprint density at radius 1 is 1.26 bits per heavy atom. The number of aryl methyl sites for hydroxylation is 1. The maximum absolute atomic E-state index is 12.7. The van der Waals surface area contributed by atoms with Crippen molar-refractivity contribution >= 4 is 22.5 Å². The minimum absolute atomic E-state index is 0.0360. The van der Waals surface area contributed by atoms with Crippen molar-refractivity contribution in [2.75, 3.05) is 5.32 Å². The zero-order valence-electron chi connectivity index (χ0n) is 16.1. The number of amides is 1. The van der Waals surface area contributed by atoms with Gasteiger partial charge >= 0.3 is 0 Å². The van der Waals surface area contributed by atoms with Crippen LogP contribution in [0, 0.1) is 19.8 Å². The molecule has 2 heterocycles. The molecule has 1 aromatic carbocycles. The van der Waals surface area contributed by atoms with Crippen LogP contribution in [0.4, 0.5) is 5.82 Å². The summed E-state index contributed by atoms with van der Waals surface area (Å²) in [6.07, 6.45) is 6.60. The van der Waals surface area contributed by atoms with Crippen LogP contribution in [0.25, 0.3) is 5.69 Å². The van der Waals surface area contributed by atoms with E-state index < -0.39 is 10.8 Å². The molecule has 2 aliphatic rings. The highest BCUT2D eigenvalue weighted by atomic mass is 32.2. The minimum Gasteiger partial charge on any atom is -0.310 e. The topological polar surface area (TPSA) is 64.0 Å². The fourth-order valence-electron chi connectivity index (χ4n) is 4.22. The maximum atomic E-state index is 12.7. The number of carbonyl (C=O) groups excluding carboxylic acids is 1. The Bertz CT molecular complexity index is 897. The summed E-state index contributed by atoms with van der Waals surface area (Å²) in [5.41, 5.74) is 5.08. The summed E-state index contributed by atoms with van der Waals surface area (Å²) >= 11 is 0. The average Bonchev–Trinajstić information content (AvgIpc) is 3.34. The number of benzene rings is 1. The van der Waals surface area contributed by atoms with Gasteiger partial charge in [-0.15, -0.1) is 0 Å². The molecule has 1 fully saturated rings. The van der Waals surface area contributed by atoms with Crippen molar-refractivity contribution in [2.24, 2.45) is 5.92 Å². The molecule has 144 valence electrons. The molecule has 0 bridgehead atoms. The number of fused-ring (bicyclic) bond motifs is 1. The van der Waals surface area contributed by atoms with E-state index in [1.807, 2.05) is 16.8 Å². The molecule has 1 saturated carbocycles. The Morgan fingerprint density at radius 3 is 2.81 bits per heavy atom. The molecule has 0 saturated heterocycles. The monoisotopic (exact) mass is 385 g/mol. The van der Waals surface area contributed by atoms with E-state index in [4.69, 9.17) is 5.10 Å². The van der Waals surface area contributed by atoms with Crippen molar-refractivity contribution in [3.8, 4) is 5.69 Å². The van der Waals surface area contributed by atoms with Gasteiger partial charge in [0.25, 0.3) is 0 Å². The van der Waals surface area contributed by atoms with Crippen molar-refractivity contribution in [3.63, 3.8) is 0 Å². The third-order valence-electron chi connectivity index (χ3n) is 5.99. The molecule has 0 spiro atoms. The van der Waals surface area contributed by atoms with E-state index in [1.54, 1.807) is 0 Å². The zero-order valence-corrected chi connectivity index (χ0v) is 16.9. The molecule has 27 heavy (non-hydrogen) atoms. The Morgan fingerprint density at radius 2 is 2.04 bits per heavy atom. The number of rotatable bonds is 5. The van der Waals surface area contributed by atoms with E-state index in [-0.39, 0.29) is 5.91 Å². The smallest absolute Gasteiger partial charge is 0.225 e. The van der Waals surface area contributed by atoms with Crippen LogP contribution < -0.4 is 5.32 Å². The van der Waals surface area contributed by atoms with Crippen LogP contribution in [0.15, 0.2) is 18.2 Å². The highest BCUT2D eigenvalue weighted by Gasteiger charge is 2.29. The highest BCUT2D eigenvalue weighted by molar-refractivity contribution is 7.83. The van der Waals surface area contributed by atoms with E-state index >= 15 is 0 Å². The SMILES string of the molecule is Cc1cccc(-n2nc3c(c2NC(=O)CCC2CCCC2)C[S@](=O)C3)c1C. The molecular formula is C21H27N3O2S. The van der Waals surface area contributed by atoms with Gasteiger partial charge in [0.15, 0.2) is 0 Å². The van der Waals surface area contributed by atoms with Gasteiger partial charge in [-0.3, -0.25) is 9.00 Å². The van der Waals surface area contributed by atoms with Crippen molar-refractivity contribution in [1.82, 2.24) is 9.78 Å². The van der Waals surface area contributed by atoms with Crippen LogP contribution in [-0.2, 0) is 27.1 Å². The number of hydrogen-bond donors (Lipinski definition) is 1. The molecule has 1 atom stereocenters. The molecule has 0 unspecified atom stereocenters. The predicted octanol–water partition coefficient (Wildman–Crippen LogP) is 4.16. The lowest BCUT2D eigenvalue weighted by molar-refractivity contribution is -0.116. The summed E-state index contributed by atoms with van der Waals surface area (Å²) in [4.78, 5) is 12.7. The van der Waals surface area contributed by atoms with E-state index in [9.17, 15) is 9.00 Å². The molecule has 6 heteroatoms. The van der Waals surface area contributed by atoms with Crippen LogP contribution in [0.1, 0.15) is 60.9 Å². The third-order valence-corrected chi connectivity index (χ3v) is 7.19. The molecule has 5 nitrogen and oxygen atoms in total. The summed E-state index contributed by atoms with van der Waals surface area (Å²) < 4.78 is 13.9. The number of nitrogens with zero attached hydrogens (tertiary/aromatic N) is 2. The van der Waals surface area contributed by atoms with Gasteiger partial charge in [-0.25, -0.2) is 4.68 Å². The van der Waals surface area contributed by atoms with Gasteiger partial charge in [-0.1, -0.05) is 37.8 Å². The van der Waals surface area contributed by atoms with Gasteiger partial charge in [0, 0.05) is 22.8 Å². The summed E-state index contributed by atoms with van der Waals surface area (Å²) in [5.74, 6) is 2.38. The average molecular weight is 386 g/mol. The van der Waals surface area contributed by atoms with Gasteiger partial charge in [0.05, 0.1) is 22.9 Å². The third kappa shape index (κ3) is 3.72. The van der Waals surface area contributed by atoms with Crippen LogP contribution in [0.5, 0.6) is 0 Å². The fraction of sp³-hybridized carbons (Fsp3) is 0.524. The largest absolute Gasteiger partial charge is 0.310 e. The minimum atomic E-state index is -0.921. The Labute approximate surface area is 163 Å². The Balaban J connectivity index is 1.61. The molecule has 1 aromatic heterocycles.